The molecule has 0 amide bonds. The number of hydrogen-bond acceptors (Lipinski definition) is 3. The van der Waals surface area contributed by atoms with Gasteiger partial charge < -0.3 is 4.98 Å². The summed E-state index contributed by atoms with van der Waals surface area (Å²) in [7, 11) is 0. The molecule has 4 heteroatoms. The lowest BCUT2D eigenvalue weighted by atomic mass is 10.2. The third kappa shape index (κ3) is 1.84. The molecule has 18 heavy (non-hydrogen) atoms. The van der Waals surface area contributed by atoms with Gasteiger partial charge in [-0.05, 0) is 24.1 Å². The molecule has 0 spiro atoms. The molecule has 0 atom stereocenters. The molecular formula is C14H12N2OS. The summed E-state index contributed by atoms with van der Waals surface area (Å²) < 4.78 is 0.758. The van der Waals surface area contributed by atoms with Crippen molar-refractivity contribution in [2.24, 2.45) is 0 Å². The normalized spacial score (nSPS) is 10.9. The van der Waals surface area contributed by atoms with Crippen molar-refractivity contribution in [1.29, 1.82) is 0 Å². The zero-order chi connectivity index (χ0) is 12.5. The minimum Gasteiger partial charge on any atom is -0.360 e. The second-order valence-corrected chi connectivity index (χ2v) is 5.15. The van der Waals surface area contributed by atoms with Crippen LogP contribution in [0.15, 0.2) is 41.5 Å². The Bertz CT molecular complexity index is 740. The van der Waals surface area contributed by atoms with Crippen LogP contribution in [0.5, 0.6) is 0 Å². The van der Waals surface area contributed by atoms with Crippen molar-refractivity contribution < 1.29 is 0 Å². The highest BCUT2D eigenvalue weighted by molar-refractivity contribution is 7.22. The number of rotatable bonds is 2. The van der Waals surface area contributed by atoms with Crippen LogP contribution in [0.4, 0.5) is 0 Å². The Morgan fingerprint density at radius 1 is 1.33 bits per heavy atom. The van der Waals surface area contributed by atoms with Gasteiger partial charge in [0.05, 0.1) is 20.8 Å². The fourth-order valence-corrected chi connectivity index (χ4v) is 2.89. The zero-order valence-corrected chi connectivity index (χ0v) is 10.8. The number of thiophene rings is 1. The minimum absolute atomic E-state index is 0.0604. The van der Waals surface area contributed by atoms with Crippen molar-refractivity contribution in [2.45, 2.75) is 13.3 Å². The van der Waals surface area contributed by atoms with Crippen LogP contribution in [0.1, 0.15) is 12.5 Å². The first-order valence-electron chi connectivity index (χ1n) is 5.84. The molecule has 0 aliphatic carbocycles. The van der Waals surface area contributed by atoms with Crippen LogP contribution in [0, 0.1) is 0 Å². The van der Waals surface area contributed by atoms with Crippen LogP contribution in [0.3, 0.4) is 0 Å². The summed E-state index contributed by atoms with van der Waals surface area (Å²) >= 11 is 1.48. The van der Waals surface area contributed by atoms with Crippen LogP contribution in [0.25, 0.3) is 20.8 Å². The van der Waals surface area contributed by atoms with Crippen molar-refractivity contribution >= 4 is 21.6 Å². The van der Waals surface area contributed by atoms with Gasteiger partial charge in [0, 0.05) is 18.5 Å². The van der Waals surface area contributed by atoms with E-state index in [-0.39, 0.29) is 5.43 Å². The number of nitrogens with one attached hydrogen (secondary N) is 1. The Morgan fingerprint density at radius 2 is 2.22 bits per heavy atom. The summed E-state index contributed by atoms with van der Waals surface area (Å²) in [6.45, 7) is 2.11. The maximum absolute atomic E-state index is 11.7. The second kappa shape index (κ2) is 4.38. The molecule has 3 aromatic heterocycles. The minimum atomic E-state index is 0.0604. The first kappa shape index (κ1) is 11.2. The van der Waals surface area contributed by atoms with E-state index in [1.807, 2.05) is 18.3 Å². The molecule has 0 saturated heterocycles. The summed E-state index contributed by atoms with van der Waals surface area (Å²) in [5.41, 5.74) is 3.08. The van der Waals surface area contributed by atoms with E-state index in [4.69, 9.17) is 0 Å². The molecule has 3 heterocycles. The largest absolute Gasteiger partial charge is 0.360 e. The zero-order valence-electron chi connectivity index (χ0n) is 9.93. The van der Waals surface area contributed by atoms with E-state index in [0.717, 1.165) is 27.2 Å². The first-order valence-corrected chi connectivity index (χ1v) is 6.66. The van der Waals surface area contributed by atoms with Gasteiger partial charge in [0.25, 0.3) is 0 Å². The van der Waals surface area contributed by atoms with Crippen LogP contribution in [0.2, 0.25) is 0 Å². The molecular weight excluding hydrogens is 244 g/mol. The molecule has 0 aliphatic heterocycles. The molecule has 0 fully saturated rings. The number of aryl methyl sites for hydroxylation is 1. The SMILES string of the molecule is CCc1ccc(-c2cc3[nH]ccc(=O)c3s2)nc1. The average molecular weight is 256 g/mol. The second-order valence-electron chi connectivity index (χ2n) is 4.10. The molecule has 3 rings (SSSR count). The molecule has 0 aliphatic rings. The van der Waals surface area contributed by atoms with Gasteiger partial charge >= 0.3 is 0 Å². The summed E-state index contributed by atoms with van der Waals surface area (Å²) in [6.07, 6.45) is 4.55. The van der Waals surface area contributed by atoms with Gasteiger partial charge in [-0.2, -0.15) is 0 Å². The number of hydrogen-bond donors (Lipinski definition) is 1. The topological polar surface area (TPSA) is 45.8 Å². The molecule has 0 saturated carbocycles. The van der Waals surface area contributed by atoms with Gasteiger partial charge in [-0.1, -0.05) is 13.0 Å². The monoisotopic (exact) mass is 256 g/mol. The average Bonchev–Trinajstić information content (AvgIpc) is 2.84. The van der Waals surface area contributed by atoms with E-state index < -0.39 is 0 Å². The van der Waals surface area contributed by atoms with Crippen molar-refractivity contribution in [2.75, 3.05) is 0 Å². The van der Waals surface area contributed by atoms with Crippen molar-refractivity contribution in [3.63, 3.8) is 0 Å². The molecule has 0 radical (unpaired) electrons. The molecule has 90 valence electrons. The Kier molecular flexibility index (Phi) is 2.72. The predicted molar refractivity (Wildman–Crippen MR) is 75.1 cm³/mol. The van der Waals surface area contributed by atoms with E-state index in [1.165, 1.54) is 16.9 Å². The lowest BCUT2D eigenvalue weighted by Crippen LogP contribution is -1.95. The van der Waals surface area contributed by atoms with Gasteiger partial charge in [-0.25, -0.2) is 0 Å². The number of pyridine rings is 2. The van der Waals surface area contributed by atoms with Gasteiger partial charge in [-0.15, -0.1) is 11.3 Å². The number of aromatic amines is 1. The molecule has 0 bridgehead atoms. The van der Waals surface area contributed by atoms with E-state index in [9.17, 15) is 4.79 Å². The highest BCUT2D eigenvalue weighted by Crippen LogP contribution is 2.29. The maximum atomic E-state index is 11.7. The number of nitrogens with zero attached hydrogens (tertiary/aromatic N) is 1. The highest BCUT2D eigenvalue weighted by atomic mass is 32.1. The summed E-state index contributed by atoms with van der Waals surface area (Å²) in [5.74, 6) is 0. The van der Waals surface area contributed by atoms with Crippen LogP contribution < -0.4 is 5.43 Å². The molecule has 1 N–H and O–H groups in total. The Labute approximate surface area is 108 Å². The fourth-order valence-electron chi connectivity index (χ4n) is 1.87. The van der Waals surface area contributed by atoms with E-state index in [0.29, 0.717) is 0 Å². The predicted octanol–water partition coefficient (Wildman–Crippen LogP) is 3.21. The van der Waals surface area contributed by atoms with Crippen LogP contribution >= 0.6 is 11.3 Å². The number of aromatic nitrogens is 2. The first-order chi connectivity index (χ1) is 8.78. The summed E-state index contributed by atoms with van der Waals surface area (Å²) in [4.78, 5) is 20.2. The third-order valence-corrected chi connectivity index (χ3v) is 4.09. The number of H-pyrrole nitrogens is 1. The van der Waals surface area contributed by atoms with Crippen LogP contribution in [-0.4, -0.2) is 9.97 Å². The highest BCUT2D eigenvalue weighted by Gasteiger charge is 2.07. The Morgan fingerprint density at radius 3 is 2.89 bits per heavy atom. The number of fused-ring (bicyclic) bond motifs is 1. The molecule has 0 aromatic carbocycles. The quantitative estimate of drug-likeness (QED) is 0.765. The van der Waals surface area contributed by atoms with Gasteiger partial charge in [0.2, 0.25) is 0 Å². The van der Waals surface area contributed by atoms with Gasteiger partial charge in [0.15, 0.2) is 5.43 Å². The molecule has 3 aromatic rings. The molecule has 0 unspecified atom stereocenters. The smallest absolute Gasteiger partial charge is 0.199 e. The van der Waals surface area contributed by atoms with E-state index in [1.54, 1.807) is 12.3 Å². The van der Waals surface area contributed by atoms with Crippen molar-refractivity contribution in [3.8, 4) is 10.6 Å². The third-order valence-electron chi connectivity index (χ3n) is 2.91. The van der Waals surface area contributed by atoms with E-state index in [2.05, 4.69) is 23.0 Å². The van der Waals surface area contributed by atoms with Gasteiger partial charge in [0.1, 0.15) is 0 Å². The van der Waals surface area contributed by atoms with Crippen molar-refractivity contribution in [1.82, 2.24) is 9.97 Å². The standard InChI is InChI=1S/C14H12N2OS/c1-2-9-3-4-10(16-8-9)13-7-11-14(18-13)12(17)5-6-15-11/h3-8H,2H2,1H3,(H,15,17). The lowest BCUT2D eigenvalue weighted by molar-refractivity contribution is 1.11. The Balaban J connectivity index is 2.13. The fraction of sp³-hybridized carbons (Fsp3) is 0.143. The van der Waals surface area contributed by atoms with Crippen LogP contribution in [-0.2, 0) is 6.42 Å². The Hall–Kier alpha value is -1.94. The lowest BCUT2D eigenvalue weighted by Gasteiger charge is -1.98. The molecule has 3 nitrogen and oxygen atoms in total. The van der Waals surface area contributed by atoms with Crippen molar-refractivity contribution in [3.05, 3.63) is 52.4 Å². The maximum Gasteiger partial charge on any atom is 0.199 e. The van der Waals surface area contributed by atoms with Gasteiger partial charge in [-0.3, -0.25) is 9.78 Å². The summed E-state index contributed by atoms with van der Waals surface area (Å²) in [6, 6.07) is 7.62. The van der Waals surface area contributed by atoms with E-state index >= 15 is 0 Å². The summed E-state index contributed by atoms with van der Waals surface area (Å²) in [5, 5.41) is 0.